The number of rotatable bonds is 4. The minimum atomic E-state index is -0.585. The molecule has 2 unspecified atom stereocenters. The van der Waals surface area contributed by atoms with Crippen LogP contribution in [0, 0.1) is 11.7 Å². The number of hydrogen-bond donors (Lipinski definition) is 1. The predicted molar refractivity (Wildman–Crippen MR) is 82.2 cm³/mol. The van der Waals surface area contributed by atoms with E-state index in [2.05, 4.69) is 6.92 Å². The lowest BCUT2D eigenvalue weighted by molar-refractivity contribution is 0.431. The summed E-state index contributed by atoms with van der Waals surface area (Å²) in [6.07, 6.45) is 1.74. The molecule has 2 atom stereocenters. The number of halogens is 2. The highest BCUT2D eigenvalue weighted by molar-refractivity contribution is 6.32. The first-order valence-corrected chi connectivity index (χ1v) is 7.44. The van der Waals surface area contributed by atoms with Crippen LogP contribution in [0.5, 0.6) is 11.5 Å². The molecule has 0 aliphatic heterocycles. The van der Waals surface area contributed by atoms with Gasteiger partial charge in [-0.25, -0.2) is 4.39 Å². The second-order valence-electron chi connectivity index (χ2n) is 5.50. The van der Waals surface area contributed by atoms with E-state index in [1.807, 2.05) is 18.2 Å². The topological polar surface area (TPSA) is 35.2 Å². The lowest BCUT2D eigenvalue weighted by Gasteiger charge is -2.16. The Kier molecular flexibility index (Phi) is 3.64. The molecule has 1 aliphatic carbocycles. The quantitative estimate of drug-likeness (QED) is 0.876. The summed E-state index contributed by atoms with van der Waals surface area (Å²) in [6, 6.07) is 12.3. The molecule has 110 valence electrons. The average Bonchev–Trinajstić information content (AvgIpc) is 3.16. The Bertz CT molecular complexity index is 661. The molecule has 0 radical (unpaired) electrons. The van der Waals surface area contributed by atoms with Gasteiger partial charge in [0.2, 0.25) is 0 Å². The monoisotopic (exact) mass is 305 g/mol. The average molecular weight is 306 g/mol. The van der Waals surface area contributed by atoms with Gasteiger partial charge in [0.25, 0.3) is 0 Å². The molecule has 0 spiro atoms. The van der Waals surface area contributed by atoms with Crippen LogP contribution < -0.4 is 10.5 Å². The summed E-state index contributed by atoms with van der Waals surface area (Å²) in [5, 5.41) is 0.248. The molecule has 1 fully saturated rings. The van der Waals surface area contributed by atoms with Crippen LogP contribution in [0.4, 0.5) is 4.39 Å². The van der Waals surface area contributed by atoms with Gasteiger partial charge in [-0.05, 0) is 30.5 Å². The van der Waals surface area contributed by atoms with Gasteiger partial charge >= 0.3 is 0 Å². The van der Waals surface area contributed by atoms with E-state index in [0.29, 0.717) is 17.2 Å². The van der Waals surface area contributed by atoms with Crippen molar-refractivity contribution in [2.75, 3.05) is 0 Å². The molecular formula is C17H17ClFNO. The summed E-state index contributed by atoms with van der Waals surface area (Å²) in [5.41, 5.74) is 6.20. The van der Waals surface area contributed by atoms with E-state index in [0.717, 1.165) is 12.8 Å². The maximum atomic E-state index is 14.8. The Labute approximate surface area is 128 Å². The Balaban J connectivity index is 1.98. The van der Waals surface area contributed by atoms with Gasteiger partial charge in [-0.3, -0.25) is 0 Å². The van der Waals surface area contributed by atoms with Crippen molar-refractivity contribution in [3.63, 3.8) is 0 Å². The number of ether oxygens (including phenoxy) is 1. The normalized spacial score (nSPS) is 23.9. The standard InChI is InChI=1S/C17H17ClFNO/c1-2-11-10-17(11,20)13-8-9-14(18)16(15(13)19)21-12-6-4-3-5-7-12/h3-9,11H,2,10,20H2,1H3. The molecule has 2 aromatic rings. The molecule has 3 rings (SSSR count). The fourth-order valence-electron chi connectivity index (χ4n) is 2.78. The summed E-state index contributed by atoms with van der Waals surface area (Å²) < 4.78 is 20.4. The van der Waals surface area contributed by atoms with Gasteiger partial charge in [-0.1, -0.05) is 49.2 Å². The third kappa shape index (κ3) is 2.52. The Morgan fingerprint density at radius 3 is 2.62 bits per heavy atom. The molecule has 2 nitrogen and oxygen atoms in total. The summed E-state index contributed by atoms with van der Waals surface area (Å²) in [6.45, 7) is 2.06. The minimum absolute atomic E-state index is 0.0481. The molecule has 0 aromatic heterocycles. The maximum Gasteiger partial charge on any atom is 0.181 e. The number of hydrogen-bond acceptors (Lipinski definition) is 2. The first kappa shape index (κ1) is 14.4. The third-order valence-corrected chi connectivity index (χ3v) is 4.46. The Morgan fingerprint density at radius 2 is 2.00 bits per heavy atom. The van der Waals surface area contributed by atoms with Crippen molar-refractivity contribution in [1.29, 1.82) is 0 Å². The zero-order chi connectivity index (χ0) is 15.0. The predicted octanol–water partition coefficient (Wildman–Crippen LogP) is 4.86. The van der Waals surface area contributed by atoms with Crippen LogP contribution in [-0.2, 0) is 5.54 Å². The molecule has 1 aliphatic rings. The number of para-hydroxylation sites is 1. The van der Waals surface area contributed by atoms with Gasteiger partial charge in [0, 0.05) is 11.1 Å². The van der Waals surface area contributed by atoms with Gasteiger partial charge in [-0.15, -0.1) is 0 Å². The molecule has 21 heavy (non-hydrogen) atoms. The number of benzene rings is 2. The zero-order valence-corrected chi connectivity index (χ0v) is 12.5. The van der Waals surface area contributed by atoms with Gasteiger partial charge in [0.05, 0.1) is 5.02 Å². The van der Waals surface area contributed by atoms with Crippen molar-refractivity contribution >= 4 is 11.6 Å². The van der Waals surface area contributed by atoms with Crippen molar-refractivity contribution in [2.45, 2.75) is 25.3 Å². The molecular weight excluding hydrogens is 289 g/mol. The van der Waals surface area contributed by atoms with E-state index in [1.54, 1.807) is 24.3 Å². The highest BCUT2D eigenvalue weighted by atomic mass is 35.5. The van der Waals surface area contributed by atoms with Crippen LogP contribution in [0.25, 0.3) is 0 Å². The van der Waals surface area contributed by atoms with Crippen molar-refractivity contribution < 1.29 is 9.13 Å². The highest BCUT2D eigenvalue weighted by Crippen LogP contribution is 2.53. The molecule has 2 N–H and O–H groups in total. The molecule has 0 amide bonds. The smallest absolute Gasteiger partial charge is 0.181 e. The van der Waals surface area contributed by atoms with Crippen LogP contribution in [0.15, 0.2) is 42.5 Å². The van der Waals surface area contributed by atoms with Crippen molar-refractivity contribution in [3.8, 4) is 11.5 Å². The van der Waals surface area contributed by atoms with Crippen LogP contribution in [0.2, 0.25) is 5.02 Å². The summed E-state index contributed by atoms with van der Waals surface area (Å²) in [5.74, 6) is 0.457. The second-order valence-corrected chi connectivity index (χ2v) is 5.91. The van der Waals surface area contributed by atoms with Gasteiger partial charge in [-0.2, -0.15) is 0 Å². The molecule has 0 saturated heterocycles. The lowest BCUT2D eigenvalue weighted by atomic mass is 10.0. The van der Waals surface area contributed by atoms with E-state index in [9.17, 15) is 4.39 Å². The maximum absolute atomic E-state index is 14.8. The molecule has 0 bridgehead atoms. The van der Waals surface area contributed by atoms with Crippen LogP contribution in [0.3, 0.4) is 0 Å². The van der Waals surface area contributed by atoms with E-state index in [4.69, 9.17) is 22.1 Å². The van der Waals surface area contributed by atoms with Crippen molar-refractivity contribution in [3.05, 3.63) is 58.9 Å². The van der Waals surface area contributed by atoms with Gasteiger partial charge in [0.15, 0.2) is 11.6 Å². The van der Waals surface area contributed by atoms with Crippen LogP contribution >= 0.6 is 11.6 Å². The first-order valence-electron chi connectivity index (χ1n) is 7.06. The van der Waals surface area contributed by atoms with Crippen molar-refractivity contribution in [2.24, 2.45) is 11.7 Å². The molecule has 4 heteroatoms. The number of nitrogens with two attached hydrogens (primary N) is 1. The van der Waals surface area contributed by atoms with Gasteiger partial charge < -0.3 is 10.5 Å². The largest absolute Gasteiger partial charge is 0.453 e. The summed E-state index contributed by atoms with van der Waals surface area (Å²) >= 11 is 6.09. The highest BCUT2D eigenvalue weighted by Gasteiger charge is 2.52. The van der Waals surface area contributed by atoms with E-state index < -0.39 is 11.4 Å². The van der Waals surface area contributed by atoms with Crippen LogP contribution in [-0.4, -0.2) is 0 Å². The van der Waals surface area contributed by atoms with Crippen molar-refractivity contribution in [1.82, 2.24) is 0 Å². The summed E-state index contributed by atoms with van der Waals surface area (Å²) in [4.78, 5) is 0. The minimum Gasteiger partial charge on any atom is -0.453 e. The van der Waals surface area contributed by atoms with Crippen LogP contribution in [0.1, 0.15) is 25.3 Å². The van der Waals surface area contributed by atoms with E-state index in [-0.39, 0.29) is 10.8 Å². The van der Waals surface area contributed by atoms with Gasteiger partial charge in [0.1, 0.15) is 5.75 Å². The zero-order valence-electron chi connectivity index (χ0n) is 11.8. The third-order valence-electron chi connectivity index (χ3n) is 4.16. The first-order chi connectivity index (χ1) is 10.1. The molecule has 2 aromatic carbocycles. The fraction of sp³-hybridized carbons (Fsp3) is 0.294. The fourth-order valence-corrected chi connectivity index (χ4v) is 2.96. The molecule has 0 heterocycles. The second kappa shape index (κ2) is 5.32. The lowest BCUT2D eigenvalue weighted by Crippen LogP contribution is -2.23. The van der Waals surface area contributed by atoms with E-state index in [1.165, 1.54) is 0 Å². The van der Waals surface area contributed by atoms with E-state index >= 15 is 0 Å². The SMILES string of the molecule is CCC1CC1(N)c1ccc(Cl)c(Oc2ccccc2)c1F. The Hall–Kier alpha value is -1.58. The molecule has 1 saturated carbocycles. The summed E-state index contributed by atoms with van der Waals surface area (Å²) in [7, 11) is 0. The Morgan fingerprint density at radius 1 is 1.29 bits per heavy atom.